The second kappa shape index (κ2) is 5.34. The molecule has 0 spiro atoms. The first-order valence-corrected chi connectivity index (χ1v) is 7.40. The van der Waals surface area contributed by atoms with Crippen LogP contribution in [-0.2, 0) is 10.0 Å². The van der Waals surface area contributed by atoms with Gasteiger partial charge in [-0.2, -0.15) is 0 Å². The molecule has 0 fully saturated rings. The van der Waals surface area contributed by atoms with E-state index >= 15 is 0 Å². The third-order valence-electron chi connectivity index (χ3n) is 2.67. The Morgan fingerprint density at radius 3 is 2.56 bits per heavy atom. The van der Waals surface area contributed by atoms with E-state index in [1.807, 2.05) is 13.0 Å². The van der Waals surface area contributed by atoms with Gasteiger partial charge in [0.25, 0.3) is 0 Å². The van der Waals surface area contributed by atoms with Gasteiger partial charge in [-0.3, -0.25) is 0 Å². The molecule has 0 bridgehead atoms. The van der Waals surface area contributed by atoms with E-state index < -0.39 is 15.4 Å². The number of nitrogens with two attached hydrogens (primary N) is 1. The highest BCUT2D eigenvalue weighted by Gasteiger charge is 2.24. The van der Waals surface area contributed by atoms with E-state index in [9.17, 15) is 8.42 Å². The summed E-state index contributed by atoms with van der Waals surface area (Å²) in [5.41, 5.74) is 5.90. The molecule has 0 unspecified atom stereocenters. The molecule has 0 atom stereocenters. The molecule has 0 saturated heterocycles. The summed E-state index contributed by atoms with van der Waals surface area (Å²) in [4.78, 5) is 0.538. The van der Waals surface area contributed by atoms with Crippen LogP contribution in [0.4, 0.5) is 0 Å². The molecule has 0 aliphatic carbocycles. The predicted molar refractivity (Wildman–Crippen MR) is 76.9 cm³/mol. The molecule has 1 aromatic carbocycles. The highest BCUT2D eigenvalue weighted by Crippen LogP contribution is 2.16. The third kappa shape index (κ3) is 3.76. The zero-order chi connectivity index (χ0) is 14.0. The van der Waals surface area contributed by atoms with E-state index in [1.54, 1.807) is 32.0 Å². The normalized spacial score (nSPS) is 12.4. The molecular formula is C12H18N2O2S2. The van der Waals surface area contributed by atoms with E-state index in [2.05, 4.69) is 4.72 Å². The number of nitrogens with one attached hydrogen (secondary N) is 1. The summed E-state index contributed by atoms with van der Waals surface area (Å²) in [6, 6.07) is 6.74. The molecule has 0 radical (unpaired) electrons. The molecule has 0 aliphatic rings. The molecule has 6 heteroatoms. The first kappa shape index (κ1) is 15.1. The van der Waals surface area contributed by atoms with E-state index in [0.29, 0.717) is 0 Å². The monoisotopic (exact) mass is 286 g/mol. The van der Waals surface area contributed by atoms with Crippen LogP contribution in [0.3, 0.4) is 0 Å². The van der Waals surface area contributed by atoms with Crippen LogP contribution >= 0.6 is 12.2 Å². The first-order chi connectivity index (χ1) is 8.15. The van der Waals surface area contributed by atoms with Crippen molar-refractivity contribution >= 4 is 27.2 Å². The van der Waals surface area contributed by atoms with Gasteiger partial charge in [-0.05, 0) is 24.6 Å². The van der Waals surface area contributed by atoms with Gasteiger partial charge >= 0.3 is 0 Å². The van der Waals surface area contributed by atoms with Crippen LogP contribution in [0.2, 0.25) is 0 Å². The maximum Gasteiger partial charge on any atom is 0.240 e. The Morgan fingerprint density at radius 2 is 2.06 bits per heavy atom. The average molecular weight is 286 g/mol. The van der Waals surface area contributed by atoms with Crippen molar-refractivity contribution in [3.8, 4) is 0 Å². The Bertz CT molecular complexity index is 551. The highest BCUT2D eigenvalue weighted by molar-refractivity contribution is 7.89. The van der Waals surface area contributed by atoms with Gasteiger partial charge in [0.15, 0.2) is 0 Å². The highest BCUT2D eigenvalue weighted by atomic mass is 32.2. The van der Waals surface area contributed by atoms with Crippen molar-refractivity contribution in [3.05, 3.63) is 29.8 Å². The summed E-state index contributed by atoms with van der Waals surface area (Å²) < 4.78 is 26.6. The fourth-order valence-electron chi connectivity index (χ4n) is 1.23. The summed E-state index contributed by atoms with van der Waals surface area (Å²) in [5, 5.41) is 0. The molecule has 0 aliphatic heterocycles. The predicted octanol–water partition coefficient (Wildman–Crippen LogP) is 1.59. The lowest BCUT2D eigenvalue weighted by Gasteiger charge is -2.23. The summed E-state index contributed by atoms with van der Waals surface area (Å²) in [5.74, 6) is 0. The van der Waals surface area contributed by atoms with E-state index in [4.69, 9.17) is 18.0 Å². The Hall–Kier alpha value is -0.980. The Labute approximate surface area is 114 Å². The van der Waals surface area contributed by atoms with Crippen LogP contribution < -0.4 is 10.5 Å². The van der Waals surface area contributed by atoms with E-state index in [1.165, 1.54) is 0 Å². The summed E-state index contributed by atoms with van der Waals surface area (Å²) in [7, 11) is -3.51. The van der Waals surface area contributed by atoms with Crippen molar-refractivity contribution in [1.82, 2.24) is 4.72 Å². The lowest BCUT2D eigenvalue weighted by Crippen LogP contribution is -2.41. The van der Waals surface area contributed by atoms with Gasteiger partial charge in [0, 0.05) is 12.0 Å². The number of benzene rings is 1. The first-order valence-electron chi connectivity index (χ1n) is 5.51. The molecule has 3 N–H and O–H groups in total. The molecule has 1 aromatic rings. The van der Waals surface area contributed by atoms with Crippen molar-refractivity contribution in [2.24, 2.45) is 11.1 Å². The number of rotatable bonds is 5. The minimum absolute atomic E-state index is 0.179. The topological polar surface area (TPSA) is 72.2 Å². The van der Waals surface area contributed by atoms with Gasteiger partial charge in [-0.15, -0.1) is 0 Å². The van der Waals surface area contributed by atoms with Gasteiger partial charge in [0.05, 0.1) is 9.88 Å². The average Bonchev–Trinajstić information content (AvgIpc) is 2.26. The molecule has 0 heterocycles. The van der Waals surface area contributed by atoms with Crippen molar-refractivity contribution in [3.63, 3.8) is 0 Å². The number of sulfonamides is 1. The Kier molecular flexibility index (Phi) is 4.47. The third-order valence-corrected chi connectivity index (χ3v) is 4.62. The summed E-state index contributed by atoms with van der Waals surface area (Å²) in [6.45, 7) is 5.62. The van der Waals surface area contributed by atoms with Crippen LogP contribution in [0.15, 0.2) is 29.2 Å². The smallest absolute Gasteiger partial charge is 0.240 e. The van der Waals surface area contributed by atoms with Gasteiger partial charge in [-0.25, -0.2) is 13.1 Å². The zero-order valence-corrected chi connectivity index (χ0v) is 12.4. The van der Waals surface area contributed by atoms with Gasteiger partial charge < -0.3 is 5.73 Å². The minimum Gasteiger partial charge on any atom is -0.393 e. The SMILES string of the molecule is Cc1cccc(S(=O)(=O)NCC(C)(C)C(N)=S)c1. The molecule has 18 heavy (non-hydrogen) atoms. The number of thiocarbonyl (C=S) groups is 1. The van der Waals surface area contributed by atoms with Gasteiger partial charge in [0.1, 0.15) is 0 Å². The number of hydrogen-bond donors (Lipinski definition) is 2. The maximum atomic E-state index is 12.1. The van der Waals surface area contributed by atoms with Gasteiger partial charge in [0.2, 0.25) is 10.0 Å². The van der Waals surface area contributed by atoms with E-state index in [0.717, 1.165) is 5.56 Å². The van der Waals surface area contributed by atoms with Crippen molar-refractivity contribution in [2.45, 2.75) is 25.7 Å². The van der Waals surface area contributed by atoms with Gasteiger partial charge in [-0.1, -0.05) is 38.2 Å². The molecular weight excluding hydrogens is 268 g/mol. The van der Waals surface area contributed by atoms with E-state index in [-0.39, 0.29) is 16.4 Å². The van der Waals surface area contributed by atoms with Crippen molar-refractivity contribution in [1.29, 1.82) is 0 Å². The van der Waals surface area contributed by atoms with Crippen LogP contribution in [0.5, 0.6) is 0 Å². The lowest BCUT2D eigenvalue weighted by molar-refractivity contribution is 0.501. The Morgan fingerprint density at radius 1 is 1.44 bits per heavy atom. The quantitative estimate of drug-likeness (QED) is 0.806. The molecule has 0 amide bonds. The number of hydrogen-bond acceptors (Lipinski definition) is 3. The fraction of sp³-hybridized carbons (Fsp3) is 0.417. The van der Waals surface area contributed by atoms with Crippen LogP contribution in [0.25, 0.3) is 0 Å². The van der Waals surface area contributed by atoms with Crippen LogP contribution in [-0.4, -0.2) is 20.0 Å². The summed E-state index contributed by atoms with van der Waals surface area (Å²) >= 11 is 4.90. The maximum absolute atomic E-state index is 12.1. The zero-order valence-electron chi connectivity index (χ0n) is 10.7. The summed E-state index contributed by atoms with van der Waals surface area (Å²) in [6.07, 6.45) is 0. The molecule has 0 saturated carbocycles. The minimum atomic E-state index is -3.51. The lowest BCUT2D eigenvalue weighted by atomic mass is 9.94. The second-order valence-corrected chi connectivity index (χ2v) is 7.10. The molecule has 1 rings (SSSR count). The second-order valence-electron chi connectivity index (χ2n) is 4.89. The molecule has 0 aromatic heterocycles. The van der Waals surface area contributed by atoms with Crippen LogP contribution in [0.1, 0.15) is 19.4 Å². The Balaban J connectivity index is 2.87. The molecule has 100 valence electrons. The van der Waals surface area contributed by atoms with Crippen molar-refractivity contribution < 1.29 is 8.42 Å². The van der Waals surface area contributed by atoms with Crippen molar-refractivity contribution in [2.75, 3.05) is 6.54 Å². The largest absolute Gasteiger partial charge is 0.393 e. The van der Waals surface area contributed by atoms with Crippen LogP contribution in [0, 0.1) is 12.3 Å². The standard InChI is InChI=1S/C12H18N2O2S2/c1-9-5-4-6-10(7-9)18(15,16)14-8-12(2,3)11(13)17/h4-7,14H,8H2,1-3H3,(H2,13,17). The molecule has 4 nitrogen and oxygen atoms in total. The number of aryl methyl sites for hydroxylation is 1. The fourth-order valence-corrected chi connectivity index (χ4v) is 2.62.